The minimum Gasteiger partial charge on any atom is -0.457 e. The van der Waals surface area contributed by atoms with Gasteiger partial charge < -0.3 is 4.74 Å². The van der Waals surface area contributed by atoms with Gasteiger partial charge in [-0.2, -0.15) is 0 Å². The third kappa shape index (κ3) is 3.70. The van der Waals surface area contributed by atoms with Crippen LogP contribution < -0.4 is 0 Å². The van der Waals surface area contributed by atoms with Crippen molar-refractivity contribution in [3.8, 4) is 0 Å². The molecular weight excluding hydrogens is 336 g/mol. The van der Waals surface area contributed by atoms with Crippen LogP contribution in [0.2, 0.25) is 0 Å². The maximum Gasteiger partial charge on any atom is 0.331 e. The van der Waals surface area contributed by atoms with Crippen molar-refractivity contribution in [2.45, 2.75) is 33.3 Å². The normalized spacial score (nSPS) is 12.2. The number of aryl methyl sites for hydroxylation is 1. The Hall–Kier alpha value is -1.13. The minimum atomic E-state index is -0.457. The van der Waals surface area contributed by atoms with Crippen LogP contribution >= 0.6 is 27.3 Å². The zero-order valence-corrected chi connectivity index (χ0v) is 14.4. The second-order valence-electron chi connectivity index (χ2n) is 5.60. The van der Waals surface area contributed by atoms with Gasteiger partial charge in [-0.25, -0.2) is 4.79 Å². The molecule has 0 radical (unpaired) electrons. The molecule has 1 aromatic heterocycles. The Kier molecular flexibility index (Phi) is 4.35. The zero-order chi connectivity index (χ0) is 14.9. The molecule has 4 heteroatoms. The third-order valence-electron chi connectivity index (χ3n) is 2.71. The summed E-state index contributed by atoms with van der Waals surface area (Å²) in [4.78, 5) is 12.8. The maximum atomic E-state index is 11.7. The number of hydrogen-bond donors (Lipinski definition) is 0. The average molecular weight is 353 g/mol. The number of ether oxygens (including phenoxy) is 1. The quantitative estimate of drug-likeness (QED) is 0.539. The topological polar surface area (TPSA) is 26.3 Å². The largest absolute Gasteiger partial charge is 0.457 e. The van der Waals surface area contributed by atoms with Crippen LogP contribution in [0, 0.1) is 6.92 Å². The number of hydrogen-bond acceptors (Lipinski definition) is 3. The molecule has 0 N–H and O–H groups in total. The van der Waals surface area contributed by atoms with Gasteiger partial charge in [0.25, 0.3) is 0 Å². The molecule has 0 unspecified atom stereocenters. The van der Waals surface area contributed by atoms with E-state index in [-0.39, 0.29) is 5.97 Å². The molecule has 2 aromatic rings. The molecule has 0 aliphatic rings. The predicted octanol–water partition coefficient (Wildman–Crippen LogP) is 5.33. The number of carbonyl (C=O) groups excluding carboxylic acids is 1. The first-order valence-electron chi connectivity index (χ1n) is 6.36. The lowest BCUT2D eigenvalue weighted by Crippen LogP contribution is -2.22. The van der Waals surface area contributed by atoms with Gasteiger partial charge in [0.15, 0.2) is 0 Å². The summed E-state index contributed by atoms with van der Waals surface area (Å²) in [7, 11) is 0. The summed E-state index contributed by atoms with van der Waals surface area (Å²) >= 11 is 5.16. The number of halogens is 1. The predicted molar refractivity (Wildman–Crippen MR) is 89.1 cm³/mol. The van der Waals surface area contributed by atoms with Crippen LogP contribution in [0.15, 0.2) is 28.7 Å². The Morgan fingerprint density at radius 1 is 1.35 bits per heavy atom. The third-order valence-corrected chi connectivity index (χ3v) is 4.44. The van der Waals surface area contributed by atoms with Gasteiger partial charge in [-0.1, -0.05) is 15.9 Å². The van der Waals surface area contributed by atoms with Crippen molar-refractivity contribution in [1.29, 1.82) is 0 Å². The minimum absolute atomic E-state index is 0.310. The second-order valence-corrected chi connectivity index (χ2v) is 7.60. The Morgan fingerprint density at radius 2 is 2.05 bits per heavy atom. The SMILES string of the molecule is Cc1c(C=CC(=O)OC(C)(C)C)sc2ccc(Br)cc12. The summed E-state index contributed by atoms with van der Waals surface area (Å²) in [5.41, 5.74) is 0.729. The van der Waals surface area contributed by atoms with E-state index in [9.17, 15) is 4.79 Å². The molecule has 0 amide bonds. The lowest BCUT2D eigenvalue weighted by atomic mass is 10.1. The van der Waals surface area contributed by atoms with Crippen LogP contribution in [0.25, 0.3) is 16.2 Å². The molecule has 1 heterocycles. The molecule has 0 spiro atoms. The summed E-state index contributed by atoms with van der Waals surface area (Å²) in [5.74, 6) is -0.310. The van der Waals surface area contributed by atoms with Crippen molar-refractivity contribution in [2.75, 3.05) is 0 Å². The first kappa shape index (κ1) is 15.3. The van der Waals surface area contributed by atoms with Crippen molar-refractivity contribution in [3.05, 3.63) is 39.2 Å². The fraction of sp³-hybridized carbons (Fsp3) is 0.312. The number of rotatable bonds is 2. The van der Waals surface area contributed by atoms with E-state index in [0.717, 1.165) is 9.35 Å². The van der Waals surface area contributed by atoms with E-state index >= 15 is 0 Å². The van der Waals surface area contributed by atoms with Gasteiger partial charge >= 0.3 is 5.97 Å². The van der Waals surface area contributed by atoms with E-state index in [1.807, 2.05) is 32.9 Å². The highest BCUT2D eigenvalue weighted by atomic mass is 79.9. The van der Waals surface area contributed by atoms with E-state index in [4.69, 9.17) is 4.74 Å². The van der Waals surface area contributed by atoms with Crippen molar-refractivity contribution >= 4 is 49.4 Å². The average Bonchev–Trinajstić information content (AvgIpc) is 2.62. The summed E-state index contributed by atoms with van der Waals surface area (Å²) < 4.78 is 7.54. The molecule has 2 rings (SSSR count). The molecule has 0 aliphatic heterocycles. The number of carbonyl (C=O) groups is 1. The number of fused-ring (bicyclic) bond motifs is 1. The Morgan fingerprint density at radius 3 is 2.70 bits per heavy atom. The van der Waals surface area contributed by atoms with Crippen LogP contribution in [0.4, 0.5) is 0 Å². The molecule has 0 atom stereocenters. The Labute approximate surface area is 131 Å². The summed E-state index contributed by atoms with van der Waals surface area (Å²) in [6.07, 6.45) is 3.33. The number of thiophene rings is 1. The monoisotopic (exact) mass is 352 g/mol. The van der Waals surface area contributed by atoms with Crippen molar-refractivity contribution in [3.63, 3.8) is 0 Å². The highest BCUT2D eigenvalue weighted by Gasteiger charge is 2.14. The van der Waals surface area contributed by atoms with Crippen LogP contribution in [0.5, 0.6) is 0 Å². The van der Waals surface area contributed by atoms with Gasteiger partial charge in [0.2, 0.25) is 0 Å². The highest BCUT2D eigenvalue weighted by Crippen LogP contribution is 2.33. The first-order valence-corrected chi connectivity index (χ1v) is 7.97. The molecule has 0 fully saturated rings. The fourth-order valence-electron chi connectivity index (χ4n) is 1.85. The molecular formula is C16H17BrO2S. The summed E-state index contributed by atoms with van der Waals surface area (Å²) in [5, 5.41) is 1.22. The Bertz CT molecular complexity index is 678. The van der Waals surface area contributed by atoms with Crippen LogP contribution in [0.1, 0.15) is 31.2 Å². The highest BCUT2D eigenvalue weighted by molar-refractivity contribution is 9.10. The van der Waals surface area contributed by atoms with Crippen molar-refractivity contribution < 1.29 is 9.53 Å². The molecule has 2 nitrogen and oxygen atoms in total. The zero-order valence-electron chi connectivity index (χ0n) is 12.0. The van der Waals surface area contributed by atoms with Gasteiger partial charge in [0.1, 0.15) is 5.60 Å². The van der Waals surface area contributed by atoms with Crippen molar-refractivity contribution in [2.24, 2.45) is 0 Å². The van der Waals surface area contributed by atoms with Gasteiger partial charge in [0, 0.05) is 20.1 Å². The van der Waals surface area contributed by atoms with Gasteiger partial charge in [0.05, 0.1) is 0 Å². The molecule has 0 bridgehead atoms. The van der Waals surface area contributed by atoms with Crippen LogP contribution in [-0.4, -0.2) is 11.6 Å². The molecule has 0 saturated carbocycles. The van der Waals surface area contributed by atoms with E-state index in [1.54, 1.807) is 11.3 Å². The first-order chi connectivity index (χ1) is 9.26. The molecule has 20 heavy (non-hydrogen) atoms. The maximum absolute atomic E-state index is 11.7. The van der Waals surface area contributed by atoms with Crippen LogP contribution in [-0.2, 0) is 9.53 Å². The van der Waals surface area contributed by atoms with Gasteiger partial charge in [-0.15, -0.1) is 11.3 Å². The fourth-order valence-corrected chi connectivity index (χ4v) is 3.31. The molecule has 0 aliphatic carbocycles. The Balaban J connectivity index is 2.26. The summed E-state index contributed by atoms with van der Waals surface area (Å²) in [6.45, 7) is 7.66. The smallest absolute Gasteiger partial charge is 0.331 e. The number of esters is 1. The summed E-state index contributed by atoms with van der Waals surface area (Å²) in [6, 6.07) is 6.22. The molecule has 0 saturated heterocycles. The second kappa shape index (κ2) is 5.70. The van der Waals surface area contributed by atoms with E-state index < -0.39 is 5.60 Å². The van der Waals surface area contributed by atoms with Crippen LogP contribution in [0.3, 0.4) is 0 Å². The van der Waals surface area contributed by atoms with E-state index in [2.05, 4.69) is 35.0 Å². The standard InChI is InChI=1S/C16H17BrO2S/c1-10-12-9-11(17)5-6-14(12)20-13(10)7-8-15(18)19-16(2,3)4/h5-9H,1-4H3. The lowest BCUT2D eigenvalue weighted by molar-refractivity contribution is -0.148. The molecule has 106 valence electrons. The van der Waals surface area contributed by atoms with E-state index in [0.29, 0.717) is 0 Å². The number of benzene rings is 1. The molecule has 1 aromatic carbocycles. The van der Waals surface area contributed by atoms with Gasteiger partial charge in [-0.3, -0.25) is 0 Å². The lowest BCUT2D eigenvalue weighted by Gasteiger charge is -2.17. The van der Waals surface area contributed by atoms with Gasteiger partial charge in [-0.05, 0) is 62.9 Å². The van der Waals surface area contributed by atoms with Crippen molar-refractivity contribution in [1.82, 2.24) is 0 Å². The van der Waals surface area contributed by atoms with E-state index in [1.165, 1.54) is 21.7 Å².